The second-order valence-electron chi connectivity index (χ2n) is 6.24. The van der Waals surface area contributed by atoms with Gasteiger partial charge in [0.25, 0.3) is 5.91 Å². The van der Waals surface area contributed by atoms with Crippen LogP contribution in [0.4, 0.5) is 18.9 Å². The molecule has 1 aliphatic carbocycles. The Morgan fingerprint density at radius 1 is 1.41 bits per heavy atom. The first-order valence-corrected chi connectivity index (χ1v) is 8.42. The fraction of sp³-hybridized carbons (Fsp3) is 0.467. The van der Waals surface area contributed by atoms with E-state index < -0.39 is 28.7 Å². The largest absolute Gasteiger partial charge is 0.436 e. The van der Waals surface area contributed by atoms with E-state index in [9.17, 15) is 22.8 Å². The van der Waals surface area contributed by atoms with Crippen molar-refractivity contribution < 1.29 is 22.8 Å². The Hall–Kier alpha value is -2.56. The van der Waals surface area contributed by atoms with E-state index in [1.54, 1.807) is 0 Å². The lowest BCUT2D eigenvalue weighted by atomic mass is 10.2. The molecule has 2 amide bonds. The average Bonchev–Trinajstić information content (AvgIpc) is 3.23. The Labute approximate surface area is 156 Å². The number of nitrogens with one attached hydrogen (secondary N) is 1. The van der Waals surface area contributed by atoms with Crippen molar-refractivity contribution in [3.05, 3.63) is 28.3 Å². The van der Waals surface area contributed by atoms with Crippen LogP contribution in [0.5, 0.6) is 0 Å². The SMILES string of the molecule is Cn1ncc(NC(=O)CCn2nc(C(F)(F)F)c(Cl)c2C2CC2)c1C(N)=O. The number of primary amides is 1. The lowest BCUT2D eigenvalue weighted by molar-refractivity contribution is -0.141. The molecule has 0 spiro atoms. The molecule has 2 aromatic rings. The van der Waals surface area contributed by atoms with Gasteiger partial charge in [0.15, 0.2) is 5.69 Å². The molecule has 1 fully saturated rings. The first-order chi connectivity index (χ1) is 12.6. The number of nitrogens with two attached hydrogens (primary N) is 1. The van der Waals surface area contributed by atoms with Gasteiger partial charge in [0.2, 0.25) is 5.91 Å². The van der Waals surface area contributed by atoms with Crippen LogP contribution in [0.2, 0.25) is 5.02 Å². The van der Waals surface area contributed by atoms with E-state index in [0.717, 1.165) is 17.5 Å². The lowest BCUT2D eigenvalue weighted by Gasteiger charge is -2.08. The third-order valence-corrected chi connectivity index (χ3v) is 4.53. The summed E-state index contributed by atoms with van der Waals surface area (Å²) in [4.78, 5) is 23.6. The van der Waals surface area contributed by atoms with Crippen LogP contribution in [0, 0.1) is 0 Å². The van der Waals surface area contributed by atoms with Crippen LogP contribution < -0.4 is 11.1 Å². The van der Waals surface area contributed by atoms with Crippen molar-refractivity contribution in [2.24, 2.45) is 12.8 Å². The summed E-state index contributed by atoms with van der Waals surface area (Å²) < 4.78 is 41.5. The second-order valence-corrected chi connectivity index (χ2v) is 6.61. The molecular formula is C15H16ClF3N6O2. The van der Waals surface area contributed by atoms with E-state index >= 15 is 0 Å². The molecule has 0 radical (unpaired) electrons. The molecule has 1 saturated carbocycles. The van der Waals surface area contributed by atoms with E-state index in [1.807, 2.05) is 0 Å². The Balaban J connectivity index is 1.74. The summed E-state index contributed by atoms with van der Waals surface area (Å²) in [6.45, 7) is -0.0837. The van der Waals surface area contributed by atoms with Crippen molar-refractivity contribution in [1.82, 2.24) is 19.6 Å². The van der Waals surface area contributed by atoms with E-state index in [4.69, 9.17) is 17.3 Å². The maximum Gasteiger partial charge on any atom is 0.436 e. The Bertz CT molecular complexity index is 900. The molecule has 2 aromatic heterocycles. The molecule has 27 heavy (non-hydrogen) atoms. The zero-order valence-corrected chi connectivity index (χ0v) is 14.9. The normalized spacial score (nSPS) is 14.4. The molecule has 12 heteroatoms. The third-order valence-electron chi connectivity index (χ3n) is 4.16. The van der Waals surface area contributed by atoms with Crippen LogP contribution in [0.25, 0.3) is 0 Å². The van der Waals surface area contributed by atoms with Gasteiger partial charge in [-0.3, -0.25) is 19.0 Å². The van der Waals surface area contributed by atoms with Gasteiger partial charge in [-0.05, 0) is 12.8 Å². The van der Waals surface area contributed by atoms with Gasteiger partial charge in [-0.15, -0.1) is 0 Å². The van der Waals surface area contributed by atoms with Crippen molar-refractivity contribution in [2.75, 3.05) is 5.32 Å². The first-order valence-electron chi connectivity index (χ1n) is 8.04. The van der Waals surface area contributed by atoms with Crippen LogP contribution in [-0.2, 0) is 24.6 Å². The summed E-state index contributed by atoms with van der Waals surface area (Å²) in [7, 11) is 1.49. The van der Waals surface area contributed by atoms with Gasteiger partial charge in [0.05, 0.1) is 29.1 Å². The highest BCUT2D eigenvalue weighted by Crippen LogP contribution is 2.46. The minimum atomic E-state index is -4.67. The fourth-order valence-electron chi connectivity index (χ4n) is 2.79. The van der Waals surface area contributed by atoms with E-state index in [-0.39, 0.29) is 30.3 Å². The molecule has 0 saturated heterocycles. The fourth-order valence-corrected chi connectivity index (χ4v) is 3.19. The first kappa shape index (κ1) is 19.2. The maximum atomic E-state index is 13.0. The standard InChI is InChI=1S/C15H16ClF3N6O2/c1-24-12(14(20)27)8(6-21-24)22-9(26)4-5-25-11(7-2-3-7)10(16)13(23-25)15(17,18)19/h6-7H,2-5H2,1H3,(H2,20,27)(H,22,26). The summed E-state index contributed by atoms with van der Waals surface area (Å²) in [5, 5.41) is 9.47. The summed E-state index contributed by atoms with van der Waals surface area (Å²) in [5.74, 6) is -1.37. The summed E-state index contributed by atoms with van der Waals surface area (Å²) in [6, 6.07) is 0. The number of carbonyl (C=O) groups excluding carboxylic acids is 2. The number of alkyl halides is 3. The van der Waals surface area contributed by atoms with E-state index in [0.29, 0.717) is 5.69 Å². The van der Waals surface area contributed by atoms with Gasteiger partial charge in [-0.2, -0.15) is 23.4 Å². The monoisotopic (exact) mass is 404 g/mol. The van der Waals surface area contributed by atoms with Crippen molar-refractivity contribution in [2.45, 2.75) is 37.9 Å². The zero-order valence-electron chi connectivity index (χ0n) is 14.2. The Kier molecular flexibility index (Phi) is 4.89. The molecule has 0 aromatic carbocycles. The average molecular weight is 405 g/mol. The van der Waals surface area contributed by atoms with Crippen LogP contribution >= 0.6 is 11.6 Å². The molecule has 0 bridgehead atoms. The molecule has 2 heterocycles. The van der Waals surface area contributed by atoms with Gasteiger partial charge in [-0.25, -0.2) is 0 Å². The number of rotatable bonds is 6. The molecule has 3 N–H and O–H groups in total. The number of hydrogen-bond donors (Lipinski definition) is 2. The van der Waals surface area contributed by atoms with Crippen LogP contribution in [0.3, 0.4) is 0 Å². The third kappa shape index (κ3) is 3.92. The highest BCUT2D eigenvalue weighted by atomic mass is 35.5. The number of carbonyl (C=O) groups is 2. The molecular weight excluding hydrogens is 389 g/mol. The number of nitrogens with zero attached hydrogens (tertiary/aromatic N) is 4. The summed E-state index contributed by atoms with van der Waals surface area (Å²) >= 11 is 5.89. The predicted octanol–water partition coefficient (Wildman–Crippen LogP) is 2.29. The molecule has 0 aliphatic heterocycles. The highest BCUT2D eigenvalue weighted by molar-refractivity contribution is 6.32. The highest BCUT2D eigenvalue weighted by Gasteiger charge is 2.42. The van der Waals surface area contributed by atoms with Gasteiger partial charge >= 0.3 is 6.18 Å². The van der Waals surface area contributed by atoms with Crippen molar-refractivity contribution in [1.29, 1.82) is 0 Å². The summed E-state index contributed by atoms with van der Waals surface area (Å²) in [6.07, 6.45) is -2.11. The second kappa shape index (κ2) is 6.87. The molecule has 3 rings (SSSR count). The Morgan fingerprint density at radius 3 is 2.63 bits per heavy atom. The molecule has 1 aliphatic rings. The van der Waals surface area contributed by atoms with E-state index in [2.05, 4.69) is 15.5 Å². The topological polar surface area (TPSA) is 108 Å². The van der Waals surface area contributed by atoms with Gasteiger partial charge in [0.1, 0.15) is 5.69 Å². The van der Waals surface area contributed by atoms with Gasteiger partial charge < -0.3 is 11.1 Å². The van der Waals surface area contributed by atoms with Crippen molar-refractivity contribution in [3.8, 4) is 0 Å². The minimum absolute atomic E-state index is 0.0171. The van der Waals surface area contributed by atoms with Gasteiger partial charge in [0, 0.05) is 19.4 Å². The number of aromatic nitrogens is 4. The quantitative estimate of drug-likeness (QED) is 0.770. The number of hydrogen-bond acceptors (Lipinski definition) is 4. The van der Waals surface area contributed by atoms with Crippen LogP contribution in [0.1, 0.15) is 47.1 Å². The number of aryl methyl sites for hydroxylation is 2. The lowest BCUT2D eigenvalue weighted by Crippen LogP contribution is -2.21. The van der Waals surface area contributed by atoms with Crippen LogP contribution in [0.15, 0.2) is 6.20 Å². The van der Waals surface area contributed by atoms with Gasteiger partial charge in [-0.1, -0.05) is 11.6 Å². The predicted molar refractivity (Wildman–Crippen MR) is 89.2 cm³/mol. The molecule has 0 atom stereocenters. The molecule has 8 nitrogen and oxygen atoms in total. The minimum Gasteiger partial charge on any atom is -0.364 e. The van der Waals surface area contributed by atoms with Crippen molar-refractivity contribution >= 4 is 29.1 Å². The number of anilines is 1. The maximum absolute atomic E-state index is 13.0. The molecule has 0 unspecified atom stereocenters. The van der Waals surface area contributed by atoms with Crippen LogP contribution in [-0.4, -0.2) is 31.4 Å². The molecule has 146 valence electrons. The summed E-state index contributed by atoms with van der Waals surface area (Å²) in [5.41, 5.74) is 4.54. The smallest absolute Gasteiger partial charge is 0.364 e. The number of amides is 2. The zero-order chi connectivity index (χ0) is 19.9. The Morgan fingerprint density at radius 2 is 2.07 bits per heavy atom. The van der Waals surface area contributed by atoms with Crippen molar-refractivity contribution in [3.63, 3.8) is 0 Å². The number of halogens is 4. The van der Waals surface area contributed by atoms with E-state index in [1.165, 1.54) is 17.9 Å².